The van der Waals surface area contributed by atoms with E-state index in [-0.39, 0.29) is 5.41 Å². The van der Waals surface area contributed by atoms with Gasteiger partial charge in [0.25, 0.3) is 0 Å². The van der Waals surface area contributed by atoms with Crippen molar-refractivity contribution in [3.63, 3.8) is 0 Å². The third kappa shape index (κ3) is 7.95. The van der Waals surface area contributed by atoms with Gasteiger partial charge in [0.15, 0.2) is 0 Å². The van der Waals surface area contributed by atoms with Gasteiger partial charge in [-0.05, 0) is 154 Å². The molecule has 12 aromatic rings. The van der Waals surface area contributed by atoms with E-state index in [4.69, 9.17) is 0 Å². The largest absolute Gasteiger partial charge is 0.134 e. The van der Waals surface area contributed by atoms with E-state index in [0.29, 0.717) is 0 Å². The van der Waals surface area contributed by atoms with Crippen LogP contribution in [-0.2, 0) is 5.41 Å². The molecule has 0 nitrogen and oxygen atoms in total. The minimum Gasteiger partial charge on any atom is -0.134 e. The highest BCUT2D eigenvalue weighted by Crippen LogP contribution is 2.51. The van der Waals surface area contributed by atoms with Crippen molar-refractivity contribution in [1.29, 1.82) is 0 Å². The fraction of sp³-hybridized carbons (Fsp3) is 0.0588. The first-order chi connectivity index (χ1) is 33.8. The zero-order valence-electron chi connectivity index (χ0n) is 39.1. The Balaban J connectivity index is 1.12. The van der Waals surface area contributed by atoms with Crippen molar-refractivity contribution in [3.05, 3.63) is 254 Å². The van der Waals surface area contributed by atoms with Crippen LogP contribution in [0, 0.1) is 0 Å². The van der Waals surface area contributed by atoms with Crippen LogP contribution in [0.1, 0.15) is 26.3 Å². The molecule has 0 spiro atoms. The van der Waals surface area contributed by atoms with E-state index in [1.54, 1.807) is 0 Å². The smallest absolute Gasteiger partial charge is 0.0440 e. The third-order valence-corrected chi connectivity index (χ3v) is 15.1. The second kappa shape index (κ2) is 17.5. The molecule has 0 radical (unpaired) electrons. The molecule has 11 aromatic carbocycles. The Kier molecular flexibility index (Phi) is 10.7. The summed E-state index contributed by atoms with van der Waals surface area (Å²) in [6.07, 6.45) is 0. The SMILES string of the molecule is CC(C)(C)c1cc(-c2ccccc2-c2cc(-c3ccccc3)cc(-c3ccccc3)c2)c2sc3c(-c4ccccc4-c4cc(-c5ccccc5)cc(-c5ccccc5)c4)cc4ccccc4c3c2c1. The van der Waals surface area contributed by atoms with E-state index in [2.05, 4.69) is 269 Å². The molecular weight excluding hydrogens is 849 g/mol. The summed E-state index contributed by atoms with van der Waals surface area (Å²) in [6.45, 7) is 7.04. The van der Waals surface area contributed by atoms with E-state index in [1.165, 1.54) is 126 Å². The van der Waals surface area contributed by atoms with Crippen LogP contribution >= 0.6 is 11.3 Å². The summed E-state index contributed by atoms with van der Waals surface area (Å²) in [5, 5.41) is 5.16. The van der Waals surface area contributed by atoms with Gasteiger partial charge in [0.2, 0.25) is 0 Å². The molecule has 1 aromatic heterocycles. The number of benzene rings is 11. The third-order valence-electron chi connectivity index (χ3n) is 13.8. The van der Waals surface area contributed by atoms with Crippen LogP contribution in [-0.4, -0.2) is 0 Å². The van der Waals surface area contributed by atoms with Crippen molar-refractivity contribution in [2.75, 3.05) is 0 Å². The number of hydrogen-bond acceptors (Lipinski definition) is 1. The van der Waals surface area contributed by atoms with Crippen molar-refractivity contribution >= 4 is 42.3 Å². The average Bonchev–Trinajstić information content (AvgIpc) is 3.81. The maximum atomic E-state index is 2.50. The van der Waals surface area contributed by atoms with E-state index < -0.39 is 0 Å². The first-order valence-electron chi connectivity index (χ1n) is 24.0. The number of thiophene rings is 1. The summed E-state index contributed by atoms with van der Waals surface area (Å²) in [5.74, 6) is 0. The molecular formula is C68H50S. The van der Waals surface area contributed by atoms with E-state index in [1.807, 2.05) is 11.3 Å². The van der Waals surface area contributed by atoms with E-state index >= 15 is 0 Å². The molecule has 0 aliphatic rings. The van der Waals surface area contributed by atoms with Gasteiger partial charge in [-0.3, -0.25) is 0 Å². The van der Waals surface area contributed by atoms with Crippen molar-refractivity contribution < 1.29 is 0 Å². The topological polar surface area (TPSA) is 0 Å². The Morgan fingerprint density at radius 3 is 1.06 bits per heavy atom. The molecule has 69 heavy (non-hydrogen) atoms. The Morgan fingerprint density at radius 2 is 0.623 bits per heavy atom. The van der Waals surface area contributed by atoms with Crippen LogP contribution in [0.15, 0.2) is 249 Å². The first-order valence-corrected chi connectivity index (χ1v) is 24.8. The van der Waals surface area contributed by atoms with Crippen molar-refractivity contribution in [1.82, 2.24) is 0 Å². The zero-order chi connectivity index (χ0) is 46.5. The number of hydrogen-bond donors (Lipinski definition) is 0. The molecule has 0 saturated heterocycles. The zero-order valence-corrected chi connectivity index (χ0v) is 39.9. The quantitative estimate of drug-likeness (QED) is 0.143. The minimum atomic E-state index is -0.0971. The van der Waals surface area contributed by atoms with Crippen molar-refractivity contribution in [3.8, 4) is 89.0 Å². The summed E-state index contributed by atoms with van der Waals surface area (Å²) in [5.41, 5.74) is 20.7. The maximum absolute atomic E-state index is 2.50. The van der Waals surface area contributed by atoms with Gasteiger partial charge in [0.05, 0.1) is 0 Å². The van der Waals surface area contributed by atoms with Crippen LogP contribution in [0.5, 0.6) is 0 Å². The predicted octanol–water partition coefficient (Wildman–Crippen LogP) is 19.8. The van der Waals surface area contributed by atoms with Gasteiger partial charge in [-0.1, -0.05) is 215 Å². The summed E-state index contributed by atoms with van der Waals surface area (Å²) in [6, 6.07) is 92.0. The predicted molar refractivity (Wildman–Crippen MR) is 299 cm³/mol. The molecule has 0 aliphatic heterocycles. The van der Waals surface area contributed by atoms with Crippen molar-refractivity contribution in [2.24, 2.45) is 0 Å². The second-order valence-electron chi connectivity index (χ2n) is 19.3. The van der Waals surface area contributed by atoms with Crippen molar-refractivity contribution in [2.45, 2.75) is 26.2 Å². The highest BCUT2D eigenvalue weighted by atomic mass is 32.1. The van der Waals surface area contributed by atoms with Gasteiger partial charge in [-0.15, -0.1) is 11.3 Å². The Morgan fingerprint density at radius 1 is 0.261 bits per heavy atom. The molecule has 1 heterocycles. The molecule has 0 amide bonds. The molecule has 0 unspecified atom stereocenters. The lowest BCUT2D eigenvalue weighted by atomic mass is 9.82. The highest BCUT2D eigenvalue weighted by Gasteiger charge is 2.24. The van der Waals surface area contributed by atoms with Gasteiger partial charge in [-0.25, -0.2) is 0 Å². The Hall–Kier alpha value is -8.10. The monoisotopic (exact) mass is 898 g/mol. The normalized spacial score (nSPS) is 11.7. The summed E-state index contributed by atoms with van der Waals surface area (Å²) in [4.78, 5) is 0. The van der Waals surface area contributed by atoms with Gasteiger partial charge in [0.1, 0.15) is 0 Å². The minimum absolute atomic E-state index is 0.0971. The molecule has 0 aliphatic carbocycles. The van der Waals surface area contributed by atoms with Crippen LogP contribution in [0.2, 0.25) is 0 Å². The molecule has 0 N–H and O–H groups in total. The molecule has 0 bridgehead atoms. The molecule has 0 saturated carbocycles. The first kappa shape index (κ1) is 42.3. The van der Waals surface area contributed by atoms with Gasteiger partial charge in [0, 0.05) is 31.3 Å². The van der Waals surface area contributed by atoms with Gasteiger partial charge >= 0.3 is 0 Å². The van der Waals surface area contributed by atoms with Gasteiger partial charge in [-0.2, -0.15) is 0 Å². The fourth-order valence-corrected chi connectivity index (χ4v) is 11.6. The van der Waals surface area contributed by atoms with E-state index in [0.717, 1.165) is 0 Å². The summed E-state index contributed by atoms with van der Waals surface area (Å²) in [7, 11) is 0. The maximum Gasteiger partial charge on any atom is 0.0440 e. The molecule has 328 valence electrons. The highest BCUT2D eigenvalue weighted by molar-refractivity contribution is 7.27. The van der Waals surface area contributed by atoms with Crippen LogP contribution < -0.4 is 0 Å². The number of rotatable bonds is 8. The fourth-order valence-electron chi connectivity index (χ4n) is 10.3. The summed E-state index contributed by atoms with van der Waals surface area (Å²) < 4.78 is 2.61. The standard InChI is InChI=1S/C68H50S/c1-68(2,3)56-43-63(61-35-21-19-32-58(61)55-40-52(47-26-12-6-13-27-47)37-53(41-55)48-28-14-7-15-29-48)66-64(44-56)65-59-33-17-16-30-49(59)42-62(67(65)69-66)60-34-20-18-31-57(60)54-38-50(45-22-8-4-9-23-45)36-51(39-54)46-24-10-5-11-25-46/h4-44H,1-3H3. The molecule has 0 fully saturated rings. The number of fused-ring (bicyclic) bond motifs is 5. The average molecular weight is 899 g/mol. The second-order valence-corrected chi connectivity index (χ2v) is 20.3. The van der Waals surface area contributed by atoms with Crippen LogP contribution in [0.4, 0.5) is 0 Å². The lowest BCUT2D eigenvalue weighted by Crippen LogP contribution is -2.11. The lowest BCUT2D eigenvalue weighted by Gasteiger charge is -2.22. The Labute approximate surface area is 409 Å². The lowest BCUT2D eigenvalue weighted by molar-refractivity contribution is 0.591. The van der Waals surface area contributed by atoms with E-state index in [9.17, 15) is 0 Å². The van der Waals surface area contributed by atoms with Gasteiger partial charge < -0.3 is 0 Å². The molecule has 1 heteroatoms. The summed E-state index contributed by atoms with van der Waals surface area (Å²) >= 11 is 1.95. The molecule has 0 atom stereocenters. The molecule has 12 rings (SSSR count). The van der Waals surface area contributed by atoms with Crippen LogP contribution in [0.3, 0.4) is 0 Å². The van der Waals surface area contributed by atoms with Crippen LogP contribution in [0.25, 0.3) is 120 Å². The Bertz CT molecular complexity index is 3720.